The fourth-order valence-electron chi connectivity index (χ4n) is 1.69. The van der Waals surface area contributed by atoms with Crippen molar-refractivity contribution in [2.24, 2.45) is 0 Å². The molecule has 0 aliphatic carbocycles. The first-order chi connectivity index (χ1) is 8.26. The molecule has 0 atom stereocenters. The third-order valence-corrected chi connectivity index (χ3v) is 2.61. The molecule has 0 aromatic carbocycles. The summed E-state index contributed by atoms with van der Waals surface area (Å²) in [6.07, 6.45) is 8.90. The summed E-state index contributed by atoms with van der Waals surface area (Å²) in [5.74, 6) is 0.102. The maximum absolute atomic E-state index is 11.7. The van der Waals surface area contributed by atoms with Crippen LogP contribution in [0, 0.1) is 6.58 Å². The zero-order chi connectivity index (χ0) is 12.9. The van der Waals surface area contributed by atoms with E-state index in [0.717, 1.165) is 25.7 Å². The molecule has 0 aliphatic rings. The summed E-state index contributed by atoms with van der Waals surface area (Å²) in [5, 5.41) is 1.46. The van der Waals surface area contributed by atoms with Gasteiger partial charge in [-0.15, -0.1) is 0 Å². The van der Waals surface area contributed by atoms with Crippen molar-refractivity contribution in [1.82, 2.24) is 5.06 Å². The van der Waals surface area contributed by atoms with Gasteiger partial charge in [0.25, 0.3) is 0 Å². The van der Waals surface area contributed by atoms with Gasteiger partial charge in [0.2, 0.25) is 5.91 Å². The summed E-state index contributed by atoms with van der Waals surface area (Å²) in [5.41, 5.74) is 0. The predicted octanol–water partition coefficient (Wildman–Crippen LogP) is 3.51. The van der Waals surface area contributed by atoms with E-state index in [0.29, 0.717) is 19.6 Å². The highest BCUT2D eigenvalue weighted by Gasteiger charge is 2.10. The van der Waals surface area contributed by atoms with Crippen LogP contribution in [-0.2, 0) is 9.63 Å². The number of hydroxylamine groups is 2. The Bertz CT molecular complexity index is 204. The number of carbonyl (C=O) groups is 1. The van der Waals surface area contributed by atoms with Gasteiger partial charge in [-0.1, -0.05) is 31.9 Å². The van der Waals surface area contributed by atoms with E-state index in [1.165, 1.54) is 17.9 Å². The van der Waals surface area contributed by atoms with E-state index in [9.17, 15) is 4.79 Å². The number of amides is 1. The molecule has 0 bridgehead atoms. The molecular formula is C14H26NO2. The van der Waals surface area contributed by atoms with Gasteiger partial charge in [0, 0.05) is 13.0 Å². The average Bonchev–Trinajstić information content (AvgIpc) is 2.34. The highest BCUT2D eigenvalue weighted by Crippen LogP contribution is 2.08. The highest BCUT2D eigenvalue weighted by atomic mass is 16.7. The molecule has 0 N–H and O–H groups in total. The number of allylic oxidation sites excluding steroid dienone is 1. The van der Waals surface area contributed by atoms with Gasteiger partial charge < -0.3 is 0 Å². The van der Waals surface area contributed by atoms with Crippen LogP contribution in [0.3, 0.4) is 0 Å². The Kier molecular flexibility index (Phi) is 11.1. The van der Waals surface area contributed by atoms with Crippen molar-refractivity contribution in [3.05, 3.63) is 12.7 Å². The number of rotatable bonds is 11. The molecule has 3 nitrogen and oxygen atoms in total. The van der Waals surface area contributed by atoms with Gasteiger partial charge in [-0.05, 0) is 33.1 Å². The molecule has 0 aromatic heterocycles. The summed E-state index contributed by atoms with van der Waals surface area (Å²) < 4.78 is 0. The molecule has 0 unspecified atom stereocenters. The molecule has 0 rings (SSSR count). The first-order valence-corrected chi connectivity index (χ1v) is 6.72. The third-order valence-electron chi connectivity index (χ3n) is 2.61. The minimum atomic E-state index is 0.102. The fourth-order valence-corrected chi connectivity index (χ4v) is 1.69. The topological polar surface area (TPSA) is 29.5 Å². The summed E-state index contributed by atoms with van der Waals surface area (Å²) >= 11 is 0. The Morgan fingerprint density at radius 3 is 2.41 bits per heavy atom. The van der Waals surface area contributed by atoms with Crippen LogP contribution < -0.4 is 0 Å². The van der Waals surface area contributed by atoms with Crippen LogP contribution in [0.1, 0.15) is 58.8 Å². The monoisotopic (exact) mass is 240 g/mol. The minimum absolute atomic E-state index is 0.102. The van der Waals surface area contributed by atoms with Crippen molar-refractivity contribution >= 4 is 5.91 Å². The number of nitrogens with zero attached hydrogens (tertiary/aromatic N) is 1. The molecule has 0 aliphatic heterocycles. The van der Waals surface area contributed by atoms with Crippen LogP contribution in [0.4, 0.5) is 0 Å². The molecule has 1 radical (unpaired) electrons. The lowest BCUT2D eigenvalue weighted by atomic mass is 10.1. The molecular weight excluding hydrogens is 214 g/mol. The SMILES string of the molecule is [CH]=CCCCCCCCC(=O)N(CC)OCC. The largest absolute Gasteiger partial charge is 0.273 e. The molecule has 0 aromatic rings. The summed E-state index contributed by atoms with van der Waals surface area (Å²) in [6.45, 7) is 10.3. The Hall–Kier alpha value is -0.830. The minimum Gasteiger partial charge on any atom is -0.273 e. The molecule has 99 valence electrons. The van der Waals surface area contributed by atoms with Crippen molar-refractivity contribution in [2.45, 2.75) is 58.8 Å². The van der Waals surface area contributed by atoms with E-state index in [-0.39, 0.29) is 5.91 Å². The Labute approximate surface area is 106 Å². The standard InChI is InChI=1S/C14H26NO2/c1-4-7-8-9-10-11-12-13-14(16)15(5-2)17-6-3/h1,4H,5-13H2,2-3H3. The molecule has 17 heavy (non-hydrogen) atoms. The molecule has 0 heterocycles. The van der Waals surface area contributed by atoms with Crippen LogP contribution in [0.25, 0.3) is 0 Å². The quantitative estimate of drug-likeness (QED) is 0.408. The molecule has 0 spiro atoms. The van der Waals surface area contributed by atoms with Crippen molar-refractivity contribution < 1.29 is 9.63 Å². The van der Waals surface area contributed by atoms with Gasteiger partial charge >= 0.3 is 0 Å². The van der Waals surface area contributed by atoms with E-state index >= 15 is 0 Å². The number of carbonyl (C=O) groups excluding carboxylic acids is 1. The Balaban J connectivity index is 3.46. The zero-order valence-corrected chi connectivity index (χ0v) is 11.3. The first-order valence-electron chi connectivity index (χ1n) is 6.72. The van der Waals surface area contributed by atoms with E-state index in [2.05, 4.69) is 0 Å². The first kappa shape index (κ1) is 16.2. The molecule has 0 fully saturated rings. The van der Waals surface area contributed by atoms with Crippen molar-refractivity contribution in [3.8, 4) is 0 Å². The number of hydrogen-bond donors (Lipinski definition) is 0. The van der Waals surface area contributed by atoms with Gasteiger partial charge in [0.15, 0.2) is 0 Å². The Morgan fingerprint density at radius 1 is 1.18 bits per heavy atom. The average molecular weight is 240 g/mol. The Morgan fingerprint density at radius 2 is 1.82 bits per heavy atom. The molecule has 3 heteroatoms. The van der Waals surface area contributed by atoms with Crippen LogP contribution in [0.15, 0.2) is 6.08 Å². The van der Waals surface area contributed by atoms with Crippen LogP contribution in [-0.4, -0.2) is 24.1 Å². The van der Waals surface area contributed by atoms with Gasteiger partial charge in [0.05, 0.1) is 6.61 Å². The van der Waals surface area contributed by atoms with Gasteiger partial charge in [0.1, 0.15) is 0 Å². The lowest BCUT2D eigenvalue weighted by molar-refractivity contribution is -0.183. The maximum Gasteiger partial charge on any atom is 0.246 e. The van der Waals surface area contributed by atoms with Crippen LogP contribution in [0.5, 0.6) is 0 Å². The van der Waals surface area contributed by atoms with E-state index < -0.39 is 0 Å². The second-order valence-electron chi connectivity index (χ2n) is 4.05. The van der Waals surface area contributed by atoms with Gasteiger partial charge in [-0.25, -0.2) is 5.06 Å². The molecule has 0 saturated carbocycles. The summed E-state index contributed by atoms with van der Waals surface area (Å²) in [4.78, 5) is 16.9. The summed E-state index contributed by atoms with van der Waals surface area (Å²) in [6, 6.07) is 0. The third kappa shape index (κ3) is 8.93. The van der Waals surface area contributed by atoms with Crippen molar-refractivity contribution in [1.29, 1.82) is 0 Å². The van der Waals surface area contributed by atoms with Crippen molar-refractivity contribution in [2.75, 3.05) is 13.2 Å². The van der Waals surface area contributed by atoms with E-state index in [1.54, 1.807) is 6.08 Å². The second kappa shape index (κ2) is 11.6. The number of hydrogen-bond acceptors (Lipinski definition) is 2. The predicted molar refractivity (Wildman–Crippen MR) is 70.2 cm³/mol. The number of unbranched alkanes of at least 4 members (excludes halogenated alkanes) is 5. The summed E-state index contributed by atoms with van der Waals surface area (Å²) in [7, 11) is 0. The fraction of sp³-hybridized carbons (Fsp3) is 0.786. The van der Waals surface area contributed by atoms with E-state index in [4.69, 9.17) is 11.4 Å². The van der Waals surface area contributed by atoms with Gasteiger partial charge in [-0.2, -0.15) is 0 Å². The second-order valence-corrected chi connectivity index (χ2v) is 4.05. The smallest absolute Gasteiger partial charge is 0.246 e. The zero-order valence-electron chi connectivity index (χ0n) is 11.3. The lowest BCUT2D eigenvalue weighted by Crippen LogP contribution is -2.30. The normalized spacial score (nSPS) is 10.2. The van der Waals surface area contributed by atoms with Gasteiger partial charge in [-0.3, -0.25) is 9.63 Å². The van der Waals surface area contributed by atoms with Crippen molar-refractivity contribution in [3.63, 3.8) is 0 Å². The van der Waals surface area contributed by atoms with Crippen LogP contribution in [0.2, 0.25) is 0 Å². The lowest BCUT2D eigenvalue weighted by Gasteiger charge is -2.18. The van der Waals surface area contributed by atoms with E-state index in [1.807, 2.05) is 13.8 Å². The molecule has 0 saturated heterocycles. The highest BCUT2D eigenvalue weighted by molar-refractivity contribution is 5.74. The maximum atomic E-state index is 11.7. The molecule has 1 amide bonds. The van der Waals surface area contributed by atoms with Crippen LogP contribution >= 0.6 is 0 Å².